The van der Waals surface area contributed by atoms with E-state index in [4.69, 9.17) is 4.74 Å². The second-order valence-electron chi connectivity index (χ2n) is 16.2. The highest BCUT2D eigenvalue weighted by Crippen LogP contribution is 2.17. The van der Waals surface area contributed by atoms with Crippen molar-refractivity contribution in [2.75, 3.05) is 6.61 Å². The average Bonchev–Trinajstić information content (AvgIpc) is 3.18. The standard InChI is InChI=1S/C49H91NO5/c1-4-7-10-13-16-19-21-22-23-24-25-27-29-31-34-37-40-45(55-49(54)42-39-36-33-30-26-20-17-14-11-8-5-2)43-48(53)50-46(44-51)47(52)41-38-35-32-28-18-15-12-9-6-3/h14,17,23-25,27,45-47,51-52H,4-13,15-16,18-22,26,28-44H2,1-3H3,(H,50,53)/b17-14-,24-23+,27-25+. The summed E-state index contributed by atoms with van der Waals surface area (Å²) in [5.74, 6) is -0.509. The van der Waals surface area contributed by atoms with Crippen LogP contribution >= 0.6 is 0 Å². The fourth-order valence-corrected chi connectivity index (χ4v) is 7.05. The van der Waals surface area contributed by atoms with Crippen LogP contribution < -0.4 is 5.32 Å². The van der Waals surface area contributed by atoms with E-state index >= 15 is 0 Å². The minimum absolute atomic E-state index is 0.0577. The summed E-state index contributed by atoms with van der Waals surface area (Å²) in [6.07, 6.45) is 49.2. The van der Waals surface area contributed by atoms with Crippen LogP contribution in [0.5, 0.6) is 0 Å². The number of hydrogen-bond donors (Lipinski definition) is 3. The van der Waals surface area contributed by atoms with Crippen LogP contribution in [-0.2, 0) is 14.3 Å². The van der Waals surface area contributed by atoms with Gasteiger partial charge in [-0.05, 0) is 70.6 Å². The van der Waals surface area contributed by atoms with Crippen LogP contribution in [0.1, 0.15) is 239 Å². The van der Waals surface area contributed by atoms with Crippen molar-refractivity contribution in [2.45, 2.75) is 257 Å². The van der Waals surface area contributed by atoms with E-state index in [1.165, 1.54) is 116 Å². The molecule has 0 fully saturated rings. The molecule has 3 N–H and O–H groups in total. The van der Waals surface area contributed by atoms with Crippen molar-refractivity contribution in [3.8, 4) is 0 Å². The molecule has 0 spiro atoms. The number of esters is 1. The molecule has 0 aromatic heterocycles. The van der Waals surface area contributed by atoms with E-state index in [0.717, 1.165) is 77.0 Å². The lowest BCUT2D eigenvalue weighted by Gasteiger charge is -2.24. The first-order chi connectivity index (χ1) is 27.0. The van der Waals surface area contributed by atoms with Gasteiger partial charge in [0.2, 0.25) is 5.91 Å². The molecule has 6 heteroatoms. The minimum atomic E-state index is -0.792. The zero-order valence-electron chi connectivity index (χ0n) is 36.6. The number of hydrogen-bond acceptors (Lipinski definition) is 5. The van der Waals surface area contributed by atoms with E-state index in [2.05, 4.69) is 62.5 Å². The molecule has 0 aliphatic heterocycles. The summed E-state index contributed by atoms with van der Waals surface area (Å²) in [5, 5.41) is 23.6. The van der Waals surface area contributed by atoms with E-state index in [0.29, 0.717) is 19.3 Å². The summed E-state index contributed by atoms with van der Waals surface area (Å²) in [5.41, 5.74) is 0. The van der Waals surface area contributed by atoms with Crippen molar-refractivity contribution < 1.29 is 24.5 Å². The fraction of sp³-hybridized carbons (Fsp3) is 0.837. The third kappa shape index (κ3) is 38.7. The molecule has 0 rings (SSSR count). The zero-order valence-corrected chi connectivity index (χ0v) is 36.6. The summed E-state index contributed by atoms with van der Waals surface area (Å²) < 4.78 is 5.89. The molecule has 0 aliphatic rings. The van der Waals surface area contributed by atoms with E-state index in [9.17, 15) is 19.8 Å². The van der Waals surface area contributed by atoms with Gasteiger partial charge in [-0.2, -0.15) is 0 Å². The lowest BCUT2D eigenvalue weighted by atomic mass is 10.0. The van der Waals surface area contributed by atoms with Gasteiger partial charge in [-0.25, -0.2) is 0 Å². The number of aliphatic hydroxyl groups excluding tert-OH is 2. The van der Waals surface area contributed by atoms with Gasteiger partial charge in [-0.1, -0.05) is 192 Å². The molecule has 0 aromatic carbocycles. The van der Waals surface area contributed by atoms with E-state index in [-0.39, 0.29) is 24.9 Å². The van der Waals surface area contributed by atoms with Crippen LogP contribution in [0.25, 0.3) is 0 Å². The summed E-state index contributed by atoms with van der Waals surface area (Å²) in [6.45, 7) is 6.41. The molecule has 0 radical (unpaired) electrons. The number of nitrogens with one attached hydrogen (secondary N) is 1. The number of unbranched alkanes of at least 4 members (excludes halogenated alkanes) is 25. The molecular weight excluding hydrogens is 683 g/mol. The number of ether oxygens (including phenoxy) is 1. The van der Waals surface area contributed by atoms with Crippen LogP contribution in [0.3, 0.4) is 0 Å². The molecule has 0 aromatic rings. The highest BCUT2D eigenvalue weighted by Gasteiger charge is 2.24. The monoisotopic (exact) mass is 774 g/mol. The normalized spacial score (nSPS) is 13.6. The summed E-state index contributed by atoms with van der Waals surface area (Å²) in [4.78, 5) is 26.0. The Morgan fingerprint density at radius 2 is 0.945 bits per heavy atom. The number of carbonyl (C=O) groups is 2. The van der Waals surface area contributed by atoms with Gasteiger partial charge < -0.3 is 20.3 Å². The van der Waals surface area contributed by atoms with Crippen LogP contribution in [-0.4, -0.2) is 46.9 Å². The van der Waals surface area contributed by atoms with Crippen LogP contribution in [0.15, 0.2) is 36.5 Å². The van der Waals surface area contributed by atoms with Crippen molar-refractivity contribution in [3.63, 3.8) is 0 Å². The summed E-state index contributed by atoms with van der Waals surface area (Å²) >= 11 is 0. The van der Waals surface area contributed by atoms with Crippen molar-refractivity contribution in [1.82, 2.24) is 5.32 Å². The van der Waals surface area contributed by atoms with Crippen molar-refractivity contribution >= 4 is 11.9 Å². The van der Waals surface area contributed by atoms with Gasteiger partial charge in [0.15, 0.2) is 0 Å². The molecular formula is C49H91NO5. The van der Waals surface area contributed by atoms with Gasteiger partial charge in [-0.15, -0.1) is 0 Å². The number of rotatable bonds is 42. The summed E-state index contributed by atoms with van der Waals surface area (Å²) in [6, 6.07) is -0.707. The Labute approximate surface area is 341 Å². The highest BCUT2D eigenvalue weighted by atomic mass is 16.5. The Kier molecular flexibility index (Phi) is 41.7. The van der Waals surface area contributed by atoms with Gasteiger partial charge in [0.05, 0.1) is 25.2 Å². The molecule has 0 aliphatic carbocycles. The van der Waals surface area contributed by atoms with Gasteiger partial charge >= 0.3 is 5.97 Å². The molecule has 0 saturated carbocycles. The van der Waals surface area contributed by atoms with Crippen LogP contribution in [0, 0.1) is 0 Å². The third-order valence-corrected chi connectivity index (χ3v) is 10.7. The van der Waals surface area contributed by atoms with Gasteiger partial charge in [0, 0.05) is 6.42 Å². The Morgan fingerprint density at radius 1 is 0.527 bits per heavy atom. The summed E-state index contributed by atoms with van der Waals surface area (Å²) in [7, 11) is 0. The molecule has 55 heavy (non-hydrogen) atoms. The van der Waals surface area contributed by atoms with Gasteiger partial charge in [0.1, 0.15) is 6.10 Å². The lowest BCUT2D eigenvalue weighted by molar-refractivity contribution is -0.151. The lowest BCUT2D eigenvalue weighted by Crippen LogP contribution is -2.46. The van der Waals surface area contributed by atoms with Gasteiger partial charge in [0.25, 0.3) is 0 Å². The Bertz CT molecular complexity index is 915. The van der Waals surface area contributed by atoms with E-state index in [1.54, 1.807) is 0 Å². The minimum Gasteiger partial charge on any atom is -0.462 e. The Hall–Kier alpha value is -1.92. The Balaban J connectivity index is 4.65. The second kappa shape index (κ2) is 43.2. The molecule has 3 atom stereocenters. The van der Waals surface area contributed by atoms with Crippen molar-refractivity contribution in [2.24, 2.45) is 0 Å². The smallest absolute Gasteiger partial charge is 0.306 e. The predicted octanol–water partition coefficient (Wildman–Crippen LogP) is 13.7. The number of allylic oxidation sites excluding steroid dienone is 6. The molecule has 1 amide bonds. The molecule has 3 unspecified atom stereocenters. The molecule has 0 bridgehead atoms. The second-order valence-corrected chi connectivity index (χ2v) is 16.2. The number of carbonyl (C=O) groups excluding carboxylic acids is 2. The molecule has 322 valence electrons. The zero-order chi connectivity index (χ0) is 40.3. The first kappa shape index (κ1) is 53.1. The predicted molar refractivity (Wildman–Crippen MR) is 236 cm³/mol. The maximum atomic E-state index is 13.1. The SMILES string of the molecule is CCCC/C=C\CCCCCCCC(=O)OC(CCCCC/C=C/C=C/CCCCCCCCC)CC(=O)NC(CO)C(O)CCCCCCCCCCC. The van der Waals surface area contributed by atoms with Gasteiger partial charge in [-0.3, -0.25) is 9.59 Å². The van der Waals surface area contributed by atoms with Crippen LogP contribution in [0.2, 0.25) is 0 Å². The van der Waals surface area contributed by atoms with Crippen LogP contribution in [0.4, 0.5) is 0 Å². The largest absolute Gasteiger partial charge is 0.462 e. The maximum absolute atomic E-state index is 13.1. The average molecular weight is 774 g/mol. The number of amides is 1. The third-order valence-electron chi connectivity index (χ3n) is 10.7. The molecule has 6 nitrogen and oxygen atoms in total. The van der Waals surface area contributed by atoms with E-state index < -0.39 is 18.2 Å². The van der Waals surface area contributed by atoms with Crippen molar-refractivity contribution in [3.05, 3.63) is 36.5 Å². The molecule has 0 saturated heterocycles. The number of aliphatic hydroxyl groups is 2. The van der Waals surface area contributed by atoms with Crippen molar-refractivity contribution in [1.29, 1.82) is 0 Å². The van der Waals surface area contributed by atoms with E-state index in [1.807, 2.05) is 0 Å². The maximum Gasteiger partial charge on any atom is 0.306 e. The molecule has 0 heterocycles. The fourth-order valence-electron chi connectivity index (χ4n) is 7.05. The first-order valence-electron chi connectivity index (χ1n) is 23.7. The topological polar surface area (TPSA) is 95.9 Å². The highest BCUT2D eigenvalue weighted by molar-refractivity contribution is 5.77. The Morgan fingerprint density at radius 3 is 1.47 bits per heavy atom. The quantitative estimate of drug-likeness (QED) is 0.0248. The first-order valence-corrected chi connectivity index (χ1v) is 23.7.